The third kappa shape index (κ3) is 3.45. The maximum Gasteiger partial charge on any atom is 0.0594 e. The third-order valence-electron chi connectivity index (χ3n) is 4.95. The summed E-state index contributed by atoms with van der Waals surface area (Å²) in [7, 11) is 0. The average Bonchev–Trinajstić information content (AvgIpc) is 2.53. The van der Waals surface area contributed by atoms with Gasteiger partial charge in [-0.3, -0.25) is 0 Å². The van der Waals surface area contributed by atoms with Crippen LogP contribution in [0.25, 0.3) is 0 Å². The van der Waals surface area contributed by atoms with Crippen LogP contribution in [0.4, 0.5) is 0 Å². The second-order valence-corrected chi connectivity index (χ2v) is 6.17. The molecule has 0 aromatic rings. The highest BCUT2D eigenvalue weighted by Crippen LogP contribution is 2.31. The lowest BCUT2D eigenvalue weighted by atomic mass is 9.89. The van der Waals surface area contributed by atoms with Crippen LogP contribution in [0.5, 0.6) is 0 Å². The number of hydrogen-bond donors (Lipinski definition) is 1. The predicted octanol–water partition coefficient (Wildman–Crippen LogP) is 3.36. The van der Waals surface area contributed by atoms with Crippen molar-refractivity contribution in [3.8, 4) is 0 Å². The summed E-state index contributed by atoms with van der Waals surface area (Å²) in [5.41, 5.74) is 0. The van der Waals surface area contributed by atoms with Gasteiger partial charge in [0.1, 0.15) is 0 Å². The SMILES string of the molecule is CC1OC(C)C(CNC2CCCCCC2)C1C. The number of rotatable bonds is 3. The Kier molecular flexibility index (Phi) is 4.87. The molecule has 1 saturated carbocycles. The molecule has 4 unspecified atom stereocenters. The van der Waals surface area contributed by atoms with Crippen LogP contribution in [0, 0.1) is 11.8 Å². The first-order valence-corrected chi connectivity index (χ1v) is 7.57. The highest BCUT2D eigenvalue weighted by Gasteiger charge is 2.36. The van der Waals surface area contributed by atoms with Crippen LogP contribution >= 0.6 is 0 Å². The van der Waals surface area contributed by atoms with Crippen molar-refractivity contribution in [1.29, 1.82) is 0 Å². The fourth-order valence-electron chi connectivity index (χ4n) is 3.48. The first-order valence-electron chi connectivity index (χ1n) is 7.57. The van der Waals surface area contributed by atoms with E-state index in [-0.39, 0.29) is 0 Å². The summed E-state index contributed by atoms with van der Waals surface area (Å²) >= 11 is 0. The van der Waals surface area contributed by atoms with Gasteiger partial charge < -0.3 is 10.1 Å². The topological polar surface area (TPSA) is 21.3 Å². The molecule has 0 aromatic carbocycles. The van der Waals surface area contributed by atoms with E-state index >= 15 is 0 Å². The van der Waals surface area contributed by atoms with Gasteiger partial charge in [0.05, 0.1) is 12.2 Å². The van der Waals surface area contributed by atoms with Crippen molar-refractivity contribution in [1.82, 2.24) is 5.32 Å². The molecule has 1 heterocycles. The molecule has 1 N–H and O–H groups in total. The minimum Gasteiger partial charge on any atom is -0.375 e. The molecule has 1 saturated heterocycles. The van der Waals surface area contributed by atoms with Crippen LogP contribution in [0.3, 0.4) is 0 Å². The fourth-order valence-corrected chi connectivity index (χ4v) is 3.48. The summed E-state index contributed by atoms with van der Waals surface area (Å²) in [6, 6.07) is 0.771. The molecule has 1 aliphatic carbocycles. The Bertz CT molecular complexity index is 223. The summed E-state index contributed by atoms with van der Waals surface area (Å²) < 4.78 is 5.91. The normalized spacial score (nSPS) is 40.4. The van der Waals surface area contributed by atoms with E-state index in [2.05, 4.69) is 26.1 Å². The van der Waals surface area contributed by atoms with Crippen LogP contribution in [0.1, 0.15) is 59.3 Å². The smallest absolute Gasteiger partial charge is 0.0594 e. The Balaban J connectivity index is 1.76. The van der Waals surface area contributed by atoms with Crippen LogP contribution < -0.4 is 5.32 Å². The molecule has 100 valence electrons. The standard InChI is InChI=1S/C15H29NO/c1-11-12(2)17-13(3)15(11)10-16-14-8-6-4-5-7-9-14/h11-16H,4-10H2,1-3H3. The molecule has 0 spiro atoms. The van der Waals surface area contributed by atoms with Crippen molar-refractivity contribution in [2.45, 2.75) is 77.5 Å². The molecule has 2 nitrogen and oxygen atoms in total. The van der Waals surface area contributed by atoms with Gasteiger partial charge in [-0.25, -0.2) is 0 Å². The molecule has 2 rings (SSSR count). The highest BCUT2D eigenvalue weighted by atomic mass is 16.5. The molecule has 0 aromatic heterocycles. The maximum absolute atomic E-state index is 5.91. The summed E-state index contributed by atoms with van der Waals surface area (Å²) in [5, 5.41) is 3.80. The minimum absolute atomic E-state index is 0.429. The summed E-state index contributed by atoms with van der Waals surface area (Å²) in [6.45, 7) is 7.94. The minimum atomic E-state index is 0.429. The third-order valence-corrected chi connectivity index (χ3v) is 4.95. The van der Waals surface area contributed by atoms with E-state index < -0.39 is 0 Å². The van der Waals surface area contributed by atoms with Gasteiger partial charge in [-0.15, -0.1) is 0 Å². The zero-order valence-corrected chi connectivity index (χ0v) is 11.7. The van der Waals surface area contributed by atoms with E-state index in [1.807, 2.05) is 0 Å². The van der Waals surface area contributed by atoms with Gasteiger partial charge in [-0.05, 0) is 32.6 Å². The van der Waals surface area contributed by atoms with Gasteiger partial charge in [0.25, 0.3) is 0 Å². The molecule has 2 fully saturated rings. The Morgan fingerprint density at radius 1 is 0.941 bits per heavy atom. The molecule has 0 bridgehead atoms. The Morgan fingerprint density at radius 3 is 2.12 bits per heavy atom. The lowest BCUT2D eigenvalue weighted by molar-refractivity contribution is 0.0509. The highest BCUT2D eigenvalue weighted by molar-refractivity contribution is 4.86. The first-order chi connectivity index (χ1) is 8.18. The van der Waals surface area contributed by atoms with Crippen molar-refractivity contribution >= 4 is 0 Å². The van der Waals surface area contributed by atoms with E-state index in [9.17, 15) is 0 Å². The second-order valence-electron chi connectivity index (χ2n) is 6.17. The molecule has 2 heteroatoms. The van der Waals surface area contributed by atoms with Crippen LogP contribution in [0.2, 0.25) is 0 Å². The number of nitrogens with one attached hydrogen (secondary N) is 1. The molecular weight excluding hydrogens is 210 g/mol. The van der Waals surface area contributed by atoms with Crippen molar-refractivity contribution in [3.63, 3.8) is 0 Å². The van der Waals surface area contributed by atoms with E-state index in [1.165, 1.54) is 38.5 Å². The first kappa shape index (κ1) is 13.4. The van der Waals surface area contributed by atoms with E-state index in [0.29, 0.717) is 24.0 Å². The molecule has 4 atom stereocenters. The average molecular weight is 239 g/mol. The van der Waals surface area contributed by atoms with Crippen molar-refractivity contribution in [2.24, 2.45) is 11.8 Å². The van der Waals surface area contributed by atoms with Crippen LogP contribution in [-0.4, -0.2) is 24.8 Å². The van der Waals surface area contributed by atoms with Crippen LogP contribution in [-0.2, 0) is 4.74 Å². The fraction of sp³-hybridized carbons (Fsp3) is 1.00. The Hall–Kier alpha value is -0.0800. The van der Waals surface area contributed by atoms with Crippen molar-refractivity contribution < 1.29 is 4.74 Å². The van der Waals surface area contributed by atoms with Gasteiger partial charge >= 0.3 is 0 Å². The molecule has 17 heavy (non-hydrogen) atoms. The molecule has 2 aliphatic rings. The molecular formula is C15H29NO. The van der Waals surface area contributed by atoms with Gasteiger partial charge in [0.15, 0.2) is 0 Å². The molecule has 0 amide bonds. The number of hydrogen-bond acceptors (Lipinski definition) is 2. The van der Waals surface area contributed by atoms with Gasteiger partial charge in [-0.2, -0.15) is 0 Å². The van der Waals surface area contributed by atoms with E-state index in [4.69, 9.17) is 4.74 Å². The molecule has 1 aliphatic heterocycles. The largest absolute Gasteiger partial charge is 0.375 e. The lowest BCUT2D eigenvalue weighted by Crippen LogP contribution is -2.37. The summed E-state index contributed by atoms with van der Waals surface area (Å²) in [4.78, 5) is 0. The maximum atomic E-state index is 5.91. The summed E-state index contributed by atoms with van der Waals surface area (Å²) in [5.74, 6) is 1.40. The van der Waals surface area contributed by atoms with E-state index in [0.717, 1.165) is 12.6 Å². The summed E-state index contributed by atoms with van der Waals surface area (Å²) in [6.07, 6.45) is 9.34. The van der Waals surface area contributed by atoms with Crippen LogP contribution in [0.15, 0.2) is 0 Å². The van der Waals surface area contributed by atoms with Gasteiger partial charge in [0, 0.05) is 18.5 Å². The van der Waals surface area contributed by atoms with Crippen molar-refractivity contribution in [2.75, 3.05) is 6.54 Å². The lowest BCUT2D eigenvalue weighted by Gasteiger charge is -2.23. The molecule has 0 radical (unpaired) electrons. The van der Waals surface area contributed by atoms with Crippen molar-refractivity contribution in [3.05, 3.63) is 0 Å². The van der Waals surface area contributed by atoms with Gasteiger partial charge in [-0.1, -0.05) is 32.6 Å². The van der Waals surface area contributed by atoms with E-state index in [1.54, 1.807) is 0 Å². The monoisotopic (exact) mass is 239 g/mol. The Morgan fingerprint density at radius 2 is 1.59 bits per heavy atom. The second kappa shape index (κ2) is 6.19. The quantitative estimate of drug-likeness (QED) is 0.763. The zero-order chi connectivity index (χ0) is 12.3. The van der Waals surface area contributed by atoms with Gasteiger partial charge in [0.2, 0.25) is 0 Å². The number of ether oxygens (including phenoxy) is 1. The Labute approximate surface area is 107 Å². The zero-order valence-electron chi connectivity index (χ0n) is 11.7. The predicted molar refractivity (Wildman–Crippen MR) is 72.2 cm³/mol.